The molecule has 0 radical (unpaired) electrons. The number of carboxylic acids is 1. The smallest absolute Gasteiger partial charge is 0.339 e. The van der Waals surface area contributed by atoms with Gasteiger partial charge in [0.2, 0.25) is 5.91 Å². The van der Waals surface area contributed by atoms with Crippen LogP contribution in [0.5, 0.6) is 5.75 Å². The van der Waals surface area contributed by atoms with Crippen molar-refractivity contribution in [1.29, 1.82) is 0 Å². The second kappa shape index (κ2) is 7.28. The molecule has 0 saturated heterocycles. The maximum absolute atomic E-state index is 12.2. The van der Waals surface area contributed by atoms with Crippen LogP contribution in [0.1, 0.15) is 33.3 Å². The van der Waals surface area contributed by atoms with Crippen LogP contribution in [0.4, 0.5) is 5.00 Å². The number of aryl methyl sites for hydroxylation is 1. The third kappa shape index (κ3) is 3.90. The van der Waals surface area contributed by atoms with Gasteiger partial charge in [-0.25, -0.2) is 4.79 Å². The fourth-order valence-corrected chi connectivity index (χ4v) is 3.57. The lowest BCUT2D eigenvalue weighted by molar-refractivity contribution is -0.115. The SMILES string of the molecule is CCc1c(C)sc(NC(=O)Cc2ccc(OC)cc2)c1C(=O)O. The normalized spacial score (nSPS) is 10.4. The highest BCUT2D eigenvalue weighted by Crippen LogP contribution is 2.33. The quantitative estimate of drug-likeness (QED) is 0.848. The fourth-order valence-electron chi connectivity index (χ4n) is 2.42. The number of rotatable bonds is 6. The van der Waals surface area contributed by atoms with Crippen LogP contribution in [0.2, 0.25) is 0 Å². The summed E-state index contributed by atoms with van der Waals surface area (Å²) in [6, 6.07) is 7.20. The molecule has 1 aromatic carbocycles. The van der Waals surface area contributed by atoms with Crippen molar-refractivity contribution in [3.8, 4) is 5.75 Å². The average molecular weight is 333 g/mol. The summed E-state index contributed by atoms with van der Waals surface area (Å²) in [4.78, 5) is 24.6. The first kappa shape index (κ1) is 17.0. The molecule has 5 nitrogen and oxygen atoms in total. The van der Waals surface area contributed by atoms with E-state index in [1.807, 2.05) is 26.0 Å². The van der Waals surface area contributed by atoms with Crippen LogP contribution in [0, 0.1) is 6.92 Å². The Bertz CT molecular complexity index is 719. The van der Waals surface area contributed by atoms with Crippen LogP contribution in [0.3, 0.4) is 0 Å². The van der Waals surface area contributed by atoms with E-state index in [2.05, 4.69) is 5.32 Å². The third-order valence-electron chi connectivity index (χ3n) is 3.55. The Balaban J connectivity index is 2.15. The van der Waals surface area contributed by atoms with Crippen molar-refractivity contribution >= 4 is 28.2 Å². The summed E-state index contributed by atoms with van der Waals surface area (Å²) < 4.78 is 5.08. The Morgan fingerprint density at radius 3 is 2.43 bits per heavy atom. The van der Waals surface area contributed by atoms with Crippen LogP contribution < -0.4 is 10.1 Å². The Morgan fingerprint density at radius 2 is 1.91 bits per heavy atom. The monoisotopic (exact) mass is 333 g/mol. The van der Waals surface area contributed by atoms with Crippen molar-refractivity contribution in [1.82, 2.24) is 0 Å². The van der Waals surface area contributed by atoms with Gasteiger partial charge in [0.1, 0.15) is 10.8 Å². The molecule has 0 unspecified atom stereocenters. The molecule has 0 saturated carbocycles. The maximum Gasteiger partial charge on any atom is 0.339 e. The molecule has 2 rings (SSSR count). The van der Waals surface area contributed by atoms with E-state index < -0.39 is 5.97 Å². The van der Waals surface area contributed by atoms with Crippen molar-refractivity contribution in [3.05, 3.63) is 45.8 Å². The summed E-state index contributed by atoms with van der Waals surface area (Å²) in [5.41, 5.74) is 1.82. The molecule has 122 valence electrons. The molecule has 0 bridgehead atoms. The Labute approximate surface area is 138 Å². The van der Waals surface area contributed by atoms with Crippen molar-refractivity contribution < 1.29 is 19.4 Å². The van der Waals surface area contributed by atoms with Crippen LogP contribution in [0.15, 0.2) is 24.3 Å². The first-order chi connectivity index (χ1) is 11.0. The Hall–Kier alpha value is -2.34. The number of ether oxygens (including phenoxy) is 1. The molecular weight excluding hydrogens is 314 g/mol. The molecule has 2 aromatic rings. The molecule has 1 amide bonds. The summed E-state index contributed by atoms with van der Waals surface area (Å²) in [7, 11) is 1.58. The highest BCUT2D eigenvalue weighted by Gasteiger charge is 2.21. The molecule has 0 fully saturated rings. The number of methoxy groups -OCH3 is 1. The summed E-state index contributed by atoms with van der Waals surface area (Å²) in [6.45, 7) is 3.78. The van der Waals surface area contributed by atoms with Crippen molar-refractivity contribution in [2.75, 3.05) is 12.4 Å². The number of hydrogen-bond donors (Lipinski definition) is 2. The molecule has 6 heteroatoms. The number of aromatic carboxylic acids is 1. The molecule has 0 aliphatic heterocycles. The number of amides is 1. The number of hydrogen-bond acceptors (Lipinski definition) is 4. The van der Waals surface area contributed by atoms with Gasteiger partial charge in [-0.2, -0.15) is 0 Å². The zero-order valence-electron chi connectivity index (χ0n) is 13.3. The molecule has 23 heavy (non-hydrogen) atoms. The van der Waals surface area contributed by atoms with Crippen LogP contribution in [-0.2, 0) is 17.6 Å². The molecule has 0 aliphatic rings. The predicted octanol–water partition coefficient (Wildman–Crippen LogP) is 3.51. The van der Waals surface area contributed by atoms with Crippen molar-refractivity contribution in [2.45, 2.75) is 26.7 Å². The summed E-state index contributed by atoms with van der Waals surface area (Å²) in [5.74, 6) is -0.517. The minimum Gasteiger partial charge on any atom is -0.497 e. The van der Waals surface area contributed by atoms with E-state index in [0.29, 0.717) is 11.4 Å². The van der Waals surface area contributed by atoms with Gasteiger partial charge in [0, 0.05) is 4.88 Å². The number of thiophene rings is 1. The van der Waals surface area contributed by atoms with E-state index in [4.69, 9.17) is 4.74 Å². The molecule has 2 N–H and O–H groups in total. The first-order valence-corrected chi connectivity index (χ1v) is 8.06. The van der Waals surface area contributed by atoms with Crippen molar-refractivity contribution in [2.24, 2.45) is 0 Å². The van der Waals surface area contributed by atoms with E-state index in [-0.39, 0.29) is 17.9 Å². The van der Waals surface area contributed by atoms with Crippen molar-refractivity contribution in [3.63, 3.8) is 0 Å². The highest BCUT2D eigenvalue weighted by molar-refractivity contribution is 7.16. The zero-order chi connectivity index (χ0) is 17.0. The zero-order valence-corrected chi connectivity index (χ0v) is 14.1. The Morgan fingerprint density at radius 1 is 1.26 bits per heavy atom. The van der Waals surface area contributed by atoms with Gasteiger partial charge >= 0.3 is 5.97 Å². The molecule has 0 atom stereocenters. The predicted molar refractivity (Wildman–Crippen MR) is 90.7 cm³/mol. The number of benzene rings is 1. The molecule has 0 spiro atoms. The van der Waals surface area contributed by atoms with Gasteiger partial charge in [0.05, 0.1) is 19.1 Å². The molecule has 0 aliphatic carbocycles. The van der Waals surface area contributed by atoms with Crippen LogP contribution >= 0.6 is 11.3 Å². The topological polar surface area (TPSA) is 75.6 Å². The Kier molecular flexibility index (Phi) is 5.39. The molecule has 1 heterocycles. The van der Waals surface area contributed by atoms with Gasteiger partial charge in [-0.3, -0.25) is 4.79 Å². The largest absolute Gasteiger partial charge is 0.497 e. The van der Waals surface area contributed by atoms with E-state index >= 15 is 0 Å². The number of nitrogens with one attached hydrogen (secondary N) is 1. The minimum absolute atomic E-state index is 0.182. The molecular formula is C17H19NO4S. The van der Waals surface area contributed by atoms with E-state index in [1.165, 1.54) is 11.3 Å². The number of carboxylic acid groups (broad SMARTS) is 1. The first-order valence-electron chi connectivity index (χ1n) is 7.24. The average Bonchev–Trinajstić information content (AvgIpc) is 2.83. The standard InChI is InChI=1S/C17H19NO4S/c1-4-13-10(2)23-16(15(13)17(20)21)18-14(19)9-11-5-7-12(22-3)8-6-11/h5-8H,4,9H2,1-3H3,(H,18,19)(H,20,21). The summed E-state index contributed by atoms with van der Waals surface area (Å²) in [6.07, 6.45) is 0.805. The lowest BCUT2D eigenvalue weighted by Gasteiger charge is -2.06. The maximum atomic E-state index is 12.2. The second-order valence-corrected chi connectivity index (χ2v) is 6.30. The molecule has 1 aromatic heterocycles. The second-order valence-electron chi connectivity index (χ2n) is 5.07. The van der Waals surface area contributed by atoms with Gasteiger partial charge in [0.25, 0.3) is 0 Å². The van der Waals surface area contributed by atoms with E-state index in [0.717, 1.165) is 21.8 Å². The van der Waals surface area contributed by atoms with Gasteiger partial charge in [0.15, 0.2) is 0 Å². The van der Waals surface area contributed by atoms with Gasteiger partial charge < -0.3 is 15.2 Å². The number of anilines is 1. The summed E-state index contributed by atoms with van der Waals surface area (Å²) in [5, 5.41) is 12.5. The highest BCUT2D eigenvalue weighted by atomic mass is 32.1. The van der Waals surface area contributed by atoms with E-state index in [1.54, 1.807) is 19.2 Å². The minimum atomic E-state index is -1.01. The lowest BCUT2D eigenvalue weighted by atomic mass is 10.1. The number of carbonyl (C=O) groups excluding carboxylic acids is 1. The van der Waals surface area contributed by atoms with Gasteiger partial charge in [-0.1, -0.05) is 19.1 Å². The van der Waals surface area contributed by atoms with E-state index in [9.17, 15) is 14.7 Å². The lowest BCUT2D eigenvalue weighted by Crippen LogP contribution is -2.15. The third-order valence-corrected chi connectivity index (χ3v) is 4.62. The van der Waals surface area contributed by atoms with Gasteiger partial charge in [-0.15, -0.1) is 11.3 Å². The van der Waals surface area contributed by atoms with Crippen LogP contribution in [0.25, 0.3) is 0 Å². The summed E-state index contributed by atoms with van der Waals surface area (Å²) >= 11 is 1.31. The van der Waals surface area contributed by atoms with Gasteiger partial charge in [-0.05, 0) is 36.6 Å². The fraction of sp³-hybridized carbons (Fsp3) is 0.294. The number of carbonyl (C=O) groups is 2. The van der Waals surface area contributed by atoms with Crippen LogP contribution in [-0.4, -0.2) is 24.1 Å².